The largest absolute Gasteiger partial charge is 0.319 e. The molecule has 1 aromatic heterocycles. The van der Waals surface area contributed by atoms with Crippen LogP contribution in [-0.2, 0) is 13.6 Å². The predicted molar refractivity (Wildman–Crippen MR) is 80.1 cm³/mol. The first-order valence-electron chi connectivity index (χ1n) is 6.85. The molecule has 0 spiro atoms. The summed E-state index contributed by atoms with van der Waals surface area (Å²) in [5, 5.41) is 9.13. The van der Waals surface area contributed by atoms with Crippen molar-refractivity contribution in [3.63, 3.8) is 0 Å². The number of aromatic nitrogens is 2. The second-order valence-electron chi connectivity index (χ2n) is 5.45. The van der Waals surface area contributed by atoms with Gasteiger partial charge in [-0.25, -0.2) is 0 Å². The van der Waals surface area contributed by atoms with Gasteiger partial charge in [0, 0.05) is 25.5 Å². The van der Waals surface area contributed by atoms with E-state index in [1.54, 1.807) is 0 Å². The Morgan fingerprint density at radius 2 is 2.11 bits per heavy atom. The predicted octanol–water partition coefficient (Wildman–Crippen LogP) is 1.86. The Balaban J connectivity index is 2.09. The first-order valence-corrected chi connectivity index (χ1v) is 6.85. The Bertz CT molecular complexity index is 532. The van der Waals surface area contributed by atoms with Crippen LogP contribution in [0.1, 0.15) is 12.6 Å². The molecule has 0 amide bonds. The van der Waals surface area contributed by atoms with Crippen molar-refractivity contribution in [2.24, 2.45) is 13.0 Å². The van der Waals surface area contributed by atoms with Crippen LogP contribution in [0.5, 0.6) is 0 Å². The fourth-order valence-corrected chi connectivity index (χ4v) is 2.67. The van der Waals surface area contributed by atoms with Crippen LogP contribution in [0.4, 0.5) is 0 Å². The van der Waals surface area contributed by atoms with Crippen LogP contribution < -0.4 is 5.32 Å². The van der Waals surface area contributed by atoms with Crippen molar-refractivity contribution in [3.05, 3.63) is 30.0 Å². The third-order valence-electron chi connectivity index (χ3n) is 3.43. The lowest BCUT2D eigenvalue weighted by Crippen LogP contribution is -2.29. The number of hydrogen-bond donors (Lipinski definition) is 1. The SMILES string of the molecule is CNCC(C)CN(C)Cc1nn(C)c2ccccc12. The first kappa shape index (κ1) is 14.0. The monoisotopic (exact) mass is 260 g/mol. The Morgan fingerprint density at radius 1 is 1.37 bits per heavy atom. The van der Waals surface area contributed by atoms with E-state index in [-0.39, 0.29) is 0 Å². The standard InChI is InChI=1S/C15H24N4/c1-12(9-16-2)10-18(3)11-14-13-7-5-6-8-15(13)19(4)17-14/h5-8,12,16H,9-11H2,1-4H3. The number of nitrogens with zero attached hydrogens (tertiary/aromatic N) is 3. The van der Waals surface area contributed by atoms with Crippen LogP contribution >= 0.6 is 0 Å². The van der Waals surface area contributed by atoms with E-state index < -0.39 is 0 Å². The zero-order chi connectivity index (χ0) is 13.8. The van der Waals surface area contributed by atoms with Crippen molar-refractivity contribution in [3.8, 4) is 0 Å². The Labute approximate surface area is 115 Å². The van der Waals surface area contributed by atoms with Crippen molar-refractivity contribution in [2.75, 3.05) is 27.2 Å². The van der Waals surface area contributed by atoms with E-state index in [9.17, 15) is 0 Å². The van der Waals surface area contributed by atoms with Crippen LogP contribution in [-0.4, -0.2) is 41.9 Å². The molecular formula is C15H24N4. The molecule has 0 aliphatic rings. The molecule has 2 rings (SSSR count). The summed E-state index contributed by atoms with van der Waals surface area (Å²) < 4.78 is 1.97. The molecule has 0 radical (unpaired) electrons. The molecule has 4 nitrogen and oxygen atoms in total. The Kier molecular flexibility index (Phi) is 4.56. The summed E-state index contributed by atoms with van der Waals surface area (Å²) in [5.41, 5.74) is 2.37. The zero-order valence-electron chi connectivity index (χ0n) is 12.3. The molecule has 1 heterocycles. The van der Waals surface area contributed by atoms with Crippen LogP contribution in [0.2, 0.25) is 0 Å². The normalized spacial score (nSPS) is 13.3. The molecule has 4 heteroatoms. The highest BCUT2D eigenvalue weighted by Gasteiger charge is 2.11. The molecule has 1 N–H and O–H groups in total. The highest BCUT2D eigenvalue weighted by molar-refractivity contribution is 5.81. The maximum Gasteiger partial charge on any atom is 0.0843 e. The van der Waals surface area contributed by atoms with E-state index in [2.05, 4.69) is 53.6 Å². The van der Waals surface area contributed by atoms with Crippen LogP contribution in [0.15, 0.2) is 24.3 Å². The quantitative estimate of drug-likeness (QED) is 0.860. The van der Waals surface area contributed by atoms with Crippen LogP contribution in [0, 0.1) is 5.92 Å². The molecule has 0 fully saturated rings. The number of rotatable bonds is 6. The number of hydrogen-bond acceptors (Lipinski definition) is 3. The second kappa shape index (κ2) is 6.17. The highest BCUT2D eigenvalue weighted by Crippen LogP contribution is 2.18. The average Bonchev–Trinajstić information content (AvgIpc) is 2.67. The van der Waals surface area contributed by atoms with Gasteiger partial charge in [-0.3, -0.25) is 4.68 Å². The van der Waals surface area contributed by atoms with Gasteiger partial charge < -0.3 is 10.2 Å². The summed E-state index contributed by atoms with van der Waals surface area (Å²) in [6.45, 7) is 5.29. The molecule has 1 unspecified atom stereocenters. The molecule has 0 bridgehead atoms. The number of para-hydroxylation sites is 1. The molecule has 0 aliphatic carbocycles. The molecule has 1 atom stereocenters. The highest BCUT2D eigenvalue weighted by atomic mass is 15.3. The average molecular weight is 260 g/mol. The zero-order valence-corrected chi connectivity index (χ0v) is 12.3. The lowest BCUT2D eigenvalue weighted by molar-refractivity contribution is 0.273. The van der Waals surface area contributed by atoms with Gasteiger partial charge in [0.05, 0.1) is 11.2 Å². The van der Waals surface area contributed by atoms with Gasteiger partial charge in [0.15, 0.2) is 0 Å². The minimum atomic E-state index is 0.643. The van der Waals surface area contributed by atoms with Gasteiger partial charge in [0.2, 0.25) is 0 Å². The molecule has 0 saturated carbocycles. The van der Waals surface area contributed by atoms with E-state index in [1.165, 1.54) is 10.9 Å². The van der Waals surface area contributed by atoms with Gasteiger partial charge in [-0.2, -0.15) is 5.10 Å². The van der Waals surface area contributed by atoms with E-state index in [0.29, 0.717) is 5.92 Å². The summed E-state index contributed by atoms with van der Waals surface area (Å²) in [7, 11) is 6.17. The van der Waals surface area contributed by atoms with Gasteiger partial charge in [-0.15, -0.1) is 0 Å². The summed E-state index contributed by atoms with van der Waals surface area (Å²) in [6.07, 6.45) is 0. The number of aryl methyl sites for hydroxylation is 1. The van der Waals surface area contributed by atoms with Gasteiger partial charge >= 0.3 is 0 Å². The molecule has 0 saturated heterocycles. The van der Waals surface area contributed by atoms with E-state index in [1.807, 2.05) is 18.8 Å². The Morgan fingerprint density at radius 3 is 2.84 bits per heavy atom. The van der Waals surface area contributed by atoms with E-state index in [4.69, 9.17) is 0 Å². The van der Waals surface area contributed by atoms with Crippen molar-refractivity contribution in [2.45, 2.75) is 13.5 Å². The summed E-state index contributed by atoms with van der Waals surface area (Å²) >= 11 is 0. The van der Waals surface area contributed by atoms with Gasteiger partial charge in [-0.05, 0) is 32.6 Å². The fourth-order valence-electron chi connectivity index (χ4n) is 2.67. The number of fused-ring (bicyclic) bond motifs is 1. The molecular weight excluding hydrogens is 236 g/mol. The van der Waals surface area contributed by atoms with Crippen molar-refractivity contribution >= 4 is 10.9 Å². The molecule has 1 aromatic carbocycles. The minimum Gasteiger partial charge on any atom is -0.319 e. The third-order valence-corrected chi connectivity index (χ3v) is 3.43. The third kappa shape index (κ3) is 3.33. The maximum absolute atomic E-state index is 4.64. The van der Waals surface area contributed by atoms with Crippen molar-refractivity contribution < 1.29 is 0 Å². The van der Waals surface area contributed by atoms with Crippen molar-refractivity contribution in [1.82, 2.24) is 20.0 Å². The number of nitrogens with one attached hydrogen (secondary N) is 1. The van der Waals surface area contributed by atoms with Gasteiger partial charge in [0.25, 0.3) is 0 Å². The first-order chi connectivity index (χ1) is 9.11. The maximum atomic E-state index is 4.64. The van der Waals surface area contributed by atoms with E-state index in [0.717, 1.165) is 25.3 Å². The smallest absolute Gasteiger partial charge is 0.0843 e. The summed E-state index contributed by atoms with van der Waals surface area (Å²) in [6, 6.07) is 8.42. The summed E-state index contributed by atoms with van der Waals surface area (Å²) in [5.74, 6) is 0.643. The van der Waals surface area contributed by atoms with Crippen LogP contribution in [0.3, 0.4) is 0 Å². The molecule has 104 valence electrons. The van der Waals surface area contributed by atoms with Gasteiger partial charge in [-0.1, -0.05) is 25.1 Å². The van der Waals surface area contributed by atoms with E-state index >= 15 is 0 Å². The molecule has 19 heavy (non-hydrogen) atoms. The number of benzene rings is 1. The topological polar surface area (TPSA) is 33.1 Å². The minimum absolute atomic E-state index is 0.643. The molecule has 2 aromatic rings. The lowest BCUT2D eigenvalue weighted by atomic mass is 10.1. The Hall–Kier alpha value is -1.39. The second-order valence-corrected chi connectivity index (χ2v) is 5.45. The fraction of sp³-hybridized carbons (Fsp3) is 0.533. The van der Waals surface area contributed by atoms with Crippen molar-refractivity contribution in [1.29, 1.82) is 0 Å². The molecule has 0 aliphatic heterocycles. The van der Waals surface area contributed by atoms with Gasteiger partial charge in [0.1, 0.15) is 0 Å². The lowest BCUT2D eigenvalue weighted by Gasteiger charge is -2.20. The summed E-state index contributed by atoms with van der Waals surface area (Å²) in [4.78, 5) is 2.34. The van der Waals surface area contributed by atoms with Crippen LogP contribution in [0.25, 0.3) is 10.9 Å².